The summed E-state index contributed by atoms with van der Waals surface area (Å²) in [7, 11) is 0. The monoisotopic (exact) mass is 323 g/mol. The Kier molecular flexibility index (Phi) is 9.10. The topological polar surface area (TPSA) is 71.8 Å². The number of hydrogen-bond donors (Lipinski definition) is 2. The molecule has 23 heavy (non-hydrogen) atoms. The van der Waals surface area contributed by atoms with Crippen LogP contribution in [-0.4, -0.2) is 46.0 Å². The standard InChI is InChI=1S/C18H35N4O/c1-4-7-10-22(11-8-5-2,12-9-6-3)18(23)17(19)13-16-14-20-15-21-16/h14-15,17H,4-13,19H2,1-3H3,(H,20,21)/q+1/t17-/m0/s1. The number of aromatic nitrogens is 2. The molecule has 1 amide bonds. The molecule has 1 atom stereocenters. The number of rotatable bonds is 12. The van der Waals surface area contributed by atoms with Crippen molar-refractivity contribution >= 4 is 5.91 Å². The van der Waals surface area contributed by atoms with Crippen LogP contribution >= 0.6 is 0 Å². The summed E-state index contributed by atoms with van der Waals surface area (Å²) in [5.74, 6) is 0.204. The number of nitrogens with two attached hydrogens (primary N) is 1. The number of hydrogen-bond acceptors (Lipinski definition) is 3. The Morgan fingerprint density at radius 2 is 1.65 bits per heavy atom. The molecule has 0 fully saturated rings. The number of nitrogens with one attached hydrogen (secondary N) is 1. The molecule has 0 radical (unpaired) electrons. The second-order valence-corrected chi connectivity index (χ2v) is 6.60. The van der Waals surface area contributed by atoms with Gasteiger partial charge in [-0.3, -0.25) is 4.48 Å². The Balaban J connectivity index is 2.89. The lowest BCUT2D eigenvalue weighted by Crippen LogP contribution is -2.60. The van der Waals surface area contributed by atoms with E-state index in [9.17, 15) is 4.79 Å². The highest BCUT2D eigenvalue weighted by atomic mass is 16.2. The van der Waals surface area contributed by atoms with E-state index >= 15 is 0 Å². The molecule has 1 rings (SSSR count). The Bertz CT molecular complexity index is 408. The van der Waals surface area contributed by atoms with Gasteiger partial charge in [-0.25, -0.2) is 9.78 Å². The molecule has 0 aromatic carbocycles. The maximum absolute atomic E-state index is 13.2. The summed E-state index contributed by atoms with van der Waals surface area (Å²) in [5.41, 5.74) is 7.23. The molecule has 0 saturated carbocycles. The minimum atomic E-state index is -0.457. The summed E-state index contributed by atoms with van der Waals surface area (Å²) in [6, 6.07) is -0.457. The highest BCUT2D eigenvalue weighted by molar-refractivity contribution is 5.75. The van der Waals surface area contributed by atoms with Gasteiger partial charge in [-0.15, -0.1) is 0 Å². The molecule has 1 aromatic rings. The summed E-state index contributed by atoms with van der Waals surface area (Å²) in [6.45, 7) is 9.32. The Morgan fingerprint density at radius 1 is 1.13 bits per heavy atom. The molecular formula is C18H35N4O+. The molecule has 5 nitrogen and oxygen atoms in total. The number of amides is 1. The van der Waals surface area contributed by atoms with Crippen molar-refractivity contribution in [3.05, 3.63) is 18.2 Å². The van der Waals surface area contributed by atoms with E-state index in [1.807, 2.05) is 0 Å². The fraction of sp³-hybridized carbons (Fsp3) is 0.778. The number of unbranched alkanes of at least 4 members (excludes halogenated alkanes) is 3. The summed E-state index contributed by atoms with van der Waals surface area (Å²) < 4.78 is 0.560. The van der Waals surface area contributed by atoms with E-state index in [0.717, 1.165) is 63.9 Å². The quantitative estimate of drug-likeness (QED) is 0.581. The smallest absolute Gasteiger partial charge is 0.330 e. The Hall–Kier alpha value is -1.20. The van der Waals surface area contributed by atoms with Crippen LogP contribution in [0, 0.1) is 0 Å². The van der Waals surface area contributed by atoms with E-state index in [2.05, 4.69) is 30.7 Å². The van der Waals surface area contributed by atoms with Crippen LogP contribution in [0.2, 0.25) is 0 Å². The SMILES string of the molecule is CCCC[N+](CCCC)(CCCC)C(=O)[C@@H](N)Cc1cnc[nH]1. The van der Waals surface area contributed by atoms with E-state index in [1.54, 1.807) is 12.5 Å². The van der Waals surface area contributed by atoms with Gasteiger partial charge in [0.15, 0.2) is 0 Å². The van der Waals surface area contributed by atoms with Crippen LogP contribution in [0.5, 0.6) is 0 Å². The van der Waals surface area contributed by atoms with Gasteiger partial charge in [0.05, 0.1) is 26.0 Å². The zero-order valence-corrected chi connectivity index (χ0v) is 15.2. The lowest BCUT2D eigenvalue weighted by molar-refractivity contribution is -0.856. The Labute approximate surface area is 141 Å². The van der Waals surface area contributed by atoms with Gasteiger partial charge in [0, 0.05) is 18.3 Å². The van der Waals surface area contributed by atoms with Crippen LogP contribution in [0.15, 0.2) is 12.5 Å². The van der Waals surface area contributed by atoms with E-state index in [1.165, 1.54) is 0 Å². The molecule has 0 bridgehead atoms. The highest BCUT2D eigenvalue weighted by Crippen LogP contribution is 2.18. The lowest BCUT2D eigenvalue weighted by atomic mass is 10.1. The number of carbonyl (C=O) groups excluding carboxylic acids is 1. The van der Waals surface area contributed by atoms with Gasteiger partial charge in [-0.05, 0) is 19.3 Å². The number of carbonyl (C=O) groups is 1. The second-order valence-electron chi connectivity index (χ2n) is 6.60. The molecular weight excluding hydrogens is 288 g/mol. The predicted molar refractivity (Wildman–Crippen MR) is 94.9 cm³/mol. The number of aromatic amines is 1. The van der Waals surface area contributed by atoms with Crippen molar-refractivity contribution in [3.8, 4) is 0 Å². The Morgan fingerprint density at radius 3 is 2.04 bits per heavy atom. The zero-order chi connectivity index (χ0) is 17.1. The zero-order valence-electron chi connectivity index (χ0n) is 15.2. The molecule has 0 saturated heterocycles. The summed E-state index contributed by atoms with van der Waals surface area (Å²) >= 11 is 0. The van der Waals surface area contributed by atoms with Crippen molar-refractivity contribution in [2.45, 2.75) is 71.8 Å². The van der Waals surface area contributed by atoms with Crippen LogP contribution in [0.4, 0.5) is 0 Å². The first kappa shape index (κ1) is 19.8. The minimum Gasteiger partial charge on any atom is -0.348 e. The normalized spacial score (nSPS) is 13.2. The first-order valence-electron chi connectivity index (χ1n) is 9.23. The summed E-state index contributed by atoms with van der Waals surface area (Å²) in [4.78, 5) is 20.3. The van der Waals surface area contributed by atoms with Crippen molar-refractivity contribution in [1.29, 1.82) is 0 Å². The molecule has 5 heteroatoms. The molecule has 3 N–H and O–H groups in total. The van der Waals surface area contributed by atoms with Crippen LogP contribution in [0.1, 0.15) is 65.0 Å². The first-order chi connectivity index (χ1) is 11.1. The molecule has 0 unspecified atom stereocenters. The van der Waals surface area contributed by atoms with Crippen LogP contribution in [-0.2, 0) is 11.2 Å². The molecule has 0 aliphatic heterocycles. The van der Waals surface area contributed by atoms with Gasteiger partial charge in [0.1, 0.15) is 6.04 Å². The predicted octanol–water partition coefficient (Wildman–Crippen LogP) is 3.02. The minimum absolute atomic E-state index is 0.204. The molecule has 132 valence electrons. The third kappa shape index (κ3) is 6.07. The van der Waals surface area contributed by atoms with E-state index < -0.39 is 6.04 Å². The van der Waals surface area contributed by atoms with Crippen LogP contribution in [0.25, 0.3) is 0 Å². The summed E-state index contributed by atoms with van der Waals surface area (Å²) in [5, 5.41) is 0. The summed E-state index contributed by atoms with van der Waals surface area (Å²) in [6.07, 6.45) is 10.5. The maximum atomic E-state index is 13.2. The van der Waals surface area contributed by atoms with Crippen LogP contribution < -0.4 is 5.73 Å². The van der Waals surface area contributed by atoms with Crippen molar-refractivity contribution in [1.82, 2.24) is 9.97 Å². The van der Waals surface area contributed by atoms with E-state index in [-0.39, 0.29) is 5.91 Å². The second kappa shape index (κ2) is 10.6. The highest BCUT2D eigenvalue weighted by Gasteiger charge is 2.38. The van der Waals surface area contributed by atoms with Gasteiger partial charge in [0.2, 0.25) is 0 Å². The average molecular weight is 324 g/mol. The molecule has 0 spiro atoms. The van der Waals surface area contributed by atoms with Crippen molar-refractivity contribution < 1.29 is 9.28 Å². The van der Waals surface area contributed by atoms with Gasteiger partial charge in [0.25, 0.3) is 0 Å². The van der Waals surface area contributed by atoms with Gasteiger partial charge in [-0.1, -0.05) is 40.0 Å². The number of quaternary nitrogens is 1. The van der Waals surface area contributed by atoms with Crippen molar-refractivity contribution in [2.75, 3.05) is 19.6 Å². The fourth-order valence-electron chi connectivity index (χ4n) is 3.12. The van der Waals surface area contributed by atoms with E-state index in [0.29, 0.717) is 10.9 Å². The van der Waals surface area contributed by atoms with Crippen molar-refractivity contribution in [3.63, 3.8) is 0 Å². The molecule has 0 aliphatic carbocycles. The van der Waals surface area contributed by atoms with Gasteiger partial charge >= 0.3 is 5.91 Å². The lowest BCUT2D eigenvalue weighted by Gasteiger charge is -2.38. The van der Waals surface area contributed by atoms with Crippen LogP contribution in [0.3, 0.4) is 0 Å². The fourth-order valence-corrected chi connectivity index (χ4v) is 3.12. The first-order valence-corrected chi connectivity index (χ1v) is 9.23. The molecule has 0 aliphatic rings. The number of nitrogens with zero attached hydrogens (tertiary/aromatic N) is 2. The number of H-pyrrole nitrogens is 1. The average Bonchev–Trinajstić information content (AvgIpc) is 3.07. The molecule has 1 aromatic heterocycles. The maximum Gasteiger partial charge on any atom is 0.330 e. The third-order valence-electron chi connectivity index (χ3n) is 4.60. The molecule has 1 heterocycles. The van der Waals surface area contributed by atoms with Gasteiger partial charge < -0.3 is 10.7 Å². The van der Waals surface area contributed by atoms with Gasteiger partial charge in [-0.2, -0.15) is 0 Å². The van der Waals surface area contributed by atoms with E-state index in [4.69, 9.17) is 5.73 Å². The number of imidazole rings is 1. The third-order valence-corrected chi connectivity index (χ3v) is 4.60. The van der Waals surface area contributed by atoms with Crippen molar-refractivity contribution in [2.24, 2.45) is 5.73 Å². The largest absolute Gasteiger partial charge is 0.348 e.